The van der Waals surface area contributed by atoms with E-state index in [0.717, 1.165) is 25.7 Å². The highest BCUT2D eigenvalue weighted by atomic mass is 16.6. The molecule has 0 spiro atoms. The van der Waals surface area contributed by atoms with Gasteiger partial charge in [0, 0.05) is 39.0 Å². The summed E-state index contributed by atoms with van der Waals surface area (Å²) in [6.45, 7) is 7.85. The Balaban J connectivity index is 1.42. The molecule has 1 aliphatic heterocycles. The lowest BCUT2D eigenvalue weighted by atomic mass is 9.86. The molecule has 1 saturated heterocycles. The summed E-state index contributed by atoms with van der Waals surface area (Å²) in [5.41, 5.74) is -0.474. The summed E-state index contributed by atoms with van der Waals surface area (Å²) in [7, 11) is 1.70. The summed E-state index contributed by atoms with van der Waals surface area (Å²) >= 11 is 0. The third-order valence-corrected chi connectivity index (χ3v) is 5.94. The third kappa shape index (κ3) is 10.4. The minimum atomic E-state index is -0.474. The Labute approximate surface area is 202 Å². The summed E-state index contributed by atoms with van der Waals surface area (Å²) < 4.78 is 16.3. The first kappa shape index (κ1) is 28.0. The number of hydrogen-bond acceptors (Lipinski definition) is 7. The van der Waals surface area contributed by atoms with E-state index in [0.29, 0.717) is 39.5 Å². The molecule has 10 heteroatoms. The minimum absolute atomic E-state index is 0.00666. The highest BCUT2D eigenvalue weighted by Gasteiger charge is 2.32. The van der Waals surface area contributed by atoms with Gasteiger partial charge in [0.1, 0.15) is 5.60 Å². The maximum atomic E-state index is 12.2. The Bertz CT molecular complexity index is 699. The van der Waals surface area contributed by atoms with Gasteiger partial charge in [-0.1, -0.05) is 0 Å². The molecule has 2 N–H and O–H groups in total. The van der Waals surface area contributed by atoms with E-state index in [4.69, 9.17) is 14.2 Å². The second-order valence-corrected chi connectivity index (χ2v) is 10.1. The van der Waals surface area contributed by atoms with Gasteiger partial charge in [-0.2, -0.15) is 0 Å². The number of ether oxygens (including phenoxy) is 3. The van der Waals surface area contributed by atoms with Gasteiger partial charge in [0.05, 0.1) is 38.3 Å². The molecule has 3 amide bonds. The first-order valence-electron chi connectivity index (χ1n) is 12.2. The number of hydrogen-bond donors (Lipinski definition) is 2. The number of nitrogens with zero attached hydrogens (tertiary/aromatic N) is 1. The molecule has 0 aromatic rings. The van der Waals surface area contributed by atoms with Crippen molar-refractivity contribution >= 4 is 23.7 Å². The molecule has 1 heterocycles. The molecule has 194 valence electrons. The van der Waals surface area contributed by atoms with Crippen LogP contribution in [0, 0.1) is 11.8 Å². The topological polar surface area (TPSA) is 123 Å². The van der Waals surface area contributed by atoms with E-state index in [1.165, 1.54) is 0 Å². The zero-order valence-electron chi connectivity index (χ0n) is 21.0. The standard InChI is InChI=1S/C24H41N3O7/c1-24(2,3)34-23(31)17-5-7-19(8-6-17)26-20(28)9-11-32-13-14-33-12-10-25-22(30)18-15-21(29)27(4)16-18/h17-19H,5-16H2,1-4H3,(H,25,30)(H,26,28). The van der Waals surface area contributed by atoms with Crippen LogP contribution < -0.4 is 10.6 Å². The number of esters is 1. The molecule has 1 unspecified atom stereocenters. The molecule has 1 atom stereocenters. The quantitative estimate of drug-likeness (QED) is 0.314. The van der Waals surface area contributed by atoms with E-state index in [9.17, 15) is 19.2 Å². The first-order valence-corrected chi connectivity index (χ1v) is 12.2. The third-order valence-electron chi connectivity index (χ3n) is 5.94. The Morgan fingerprint density at radius 1 is 0.971 bits per heavy atom. The molecule has 2 rings (SSSR count). The van der Waals surface area contributed by atoms with Crippen LogP contribution in [0.3, 0.4) is 0 Å². The summed E-state index contributed by atoms with van der Waals surface area (Å²) in [5.74, 6) is -0.701. The second kappa shape index (κ2) is 13.6. The number of rotatable bonds is 12. The highest BCUT2D eigenvalue weighted by molar-refractivity contribution is 5.89. The van der Waals surface area contributed by atoms with Gasteiger partial charge in [-0.25, -0.2) is 0 Å². The molecular formula is C24H41N3O7. The van der Waals surface area contributed by atoms with E-state index in [1.807, 2.05) is 20.8 Å². The van der Waals surface area contributed by atoms with Crippen LogP contribution in [0.2, 0.25) is 0 Å². The molecule has 2 fully saturated rings. The van der Waals surface area contributed by atoms with Crippen molar-refractivity contribution in [2.45, 2.75) is 70.9 Å². The van der Waals surface area contributed by atoms with Crippen LogP contribution >= 0.6 is 0 Å². The van der Waals surface area contributed by atoms with Gasteiger partial charge < -0.3 is 29.7 Å². The molecule has 1 aliphatic carbocycles. The first-order chi connectivity index (χ1) is 16.0. The van der Waals surface area contributed by atoms with Crippen molar-refractivity contribution in [1.82, 2.24) is 15.5 Å². The van der Waals surface area contributed by atoms with Crippen molar-refractivity contribution in [2.24, 2.45) is 11.8 Å². The van der Waals surface area contributed by atoms with Gasteiger partial charge in [-0.3, -0.25) is 19.2 Å². The van der Waals surface area contributed by atoms with Gasteiger partial charge in [0.25, 0.3) is 0 Å². The zero-order chi connectivity index (χ0) is 25.1. The van der Waals surface area contributed by atoms with Crippen molar-refractivity contribution in [3.63, 3.8) is 0 Å². The average molecular weight is 484 g/mol. The monoisotopic (exact) mass is 483 g/mol. The number of carbonyl (C=O) groups is 4. The van der Waals surface area contributed by atoms with Crippen molar-refractivity contribution < 1.29 is 33.4 Å². The smallest absolute Gasteiger partial charge is 0.309 e. The minimum Gasteiger partial charge on any atom is -0.460 e. The largest absolute Gasteiger partial charge is 0.460 e. The van der Waals surface area contributed by atoms with Gasteiger partial charge in [0.15, 0.2) is 0 Å². The predicted molar refractivity (Wildman–Crippen MR) is 125 cm³/mol. The molecule has 0 radical (unpaired) electrons. The van der Waals surface area contributed by atoms with Crippen molar-refractivity contribution in [2.75, 3.05) is 46.6 Å². The van der Waals surface area contributed by atoms with E-state index >= 15 is 0 Å². The number of amides is 3. The molecule has 0 bridgehead atoms. The summed E-state index contributed by atoms with van der Waals surface area (Å²) in [4.78, 5) is 49.3. The lowest BCUT2D eigenvalue weighted by Gasteiger charge is -2.30. The fourth-order valence-electron chi connectivity index (χ4n) is 4.08. The molecule has 10 nitrogen and oxygen atoms in total. The normalized spacial score (nSPS) is 23.0. The summed E-state index contributed by atoms with van der Waals surface area (Å²) in [6.07, 6.45) is 3.53. The molecule has 1 saturated carbocycles. The van der Waals surface area contributed by atoms with Crippen molar-refractivity contribution in [3.8, 4) is 0 Å². The van der Waals surface area contributed by atoms with E-state index in [-0.39, 0.29) is 54.4 Å². The SMILES string of the molecule is CN1CC(C(=O)NCCOCCOCCC(=O)NC2CCC(C(=O)OC(C)(C)C)CC2)CC1=O. The Morgan fingerprint density at radius 2 is 1.62 bits per heavy atom. The number of carbonyl (C=O) groups excluding carboxylic acids is 4. The van der Waals surface area contributed by atoms with Gasteiger partial charge >= 0.3 is 5.97 Å². The van der Waals surface area contributed by atoms with Crippen LogP contribution in [0.4, 0.5) is 0 Å². The van der Waals surface area contributed by atoms with Crippen LogP contribution in [0.1, 0.15) is 59.3 Å². The molecule has 34 heavy (non-hydrogen) atoms. The van der Waals surface area contributed by atoms with Crippen LogP contribution in [0.15, 0.2) is 0 Å². The predicted octanol–water partition coefficient (Wildman–Crippen LogP) is 1.02. The van der Waals surface area contributed by atoms with E-state index in [1.54, 1.807) is 11.9 Å². The maximum absolute atomic E-state index is 12.2. The molecule has 2 aliphatic rings. The van der Waals surface area contributed by atoms with Crippen molar-refractivity contribution in [1.29, 1.82) is 0 Å². The van der Waals surface area contributed by atoms with Gasteiger partial charge in [-0.15, -0.1) is 0 Å². The van der Waals surface area contributed by atoms with Crippen LogP contribution in [-0.4, -0.2) is 86.8 Å². The zero-order valence-corrected chi connectivity index (χ0v) is 21.0. The van der Waals surface area contributed by atoms with Crippen LogP contribution in [0.25, 0.3) is 0 Å². The average Bonchev–Trinajstić information content (AvgIpc) is 3.10. The second-order valence-electron chi connectivity index (χ2n) is 10.1. The van der Waals surface area contributed by atoms with Gasteiger partial charge in [0.2, 0.25) is 17.7 Å². The lowest BCUT2D eigenvalue weighted by molar-refractivity contribution is -0.161. The summed E-state index contributed by atoms with van der Waals surface area (Å²) in [6, 6.07) is 0.0903. The molecule has 0 aromatic heterocycles. The van der Waals surface area contributed by atoms with Gasteiger partial charge in [-0.05, 0) is 46.5 Å². The van der Waals surface area contributed by atoms with Crippen molar-refractivity contribution in [3.05, 3.63) is 0 Å². The Hall–Kier alpha value is -2.20. The highest BCUT2D eigenvalue weighted by Crippen LogP contribution is 2.27. The fraction of sp³-hybridized carbons (Fsp3) is 0.833. The van der Waals surface area contributed by atoms with E-state index in [2.05, 4.69) is 10.6 Å². The Kier molecular flexibility index (Phi) is 11.2. The fourth-order valence-corrected chi connectivity index (χ4v) is 4.08. The number of nitrogens with one attached hydrogen (secondary N) is 2. The Morgan fingerprint density at radius 3 is 2.21 bits per heavy atom. The van der Waals surface area contributed by atoms with Crippen LogP contribution in [0.5, 0.6) is 0 Å². The maximum Gasteiger partial charge on any atom is 0.309 e. The number of likely N-dealkylation sites (tertiary alicyclic amines) is 1. The summed E-state index contributed by atoms with van der Waals surface area (Å²) in [5, 5.41) is 5.80. The molecule has 0 aromatic carbocycles. The van der Waals surface area contributed by atoms with Crippen LogP contribution in [-0.2, 0) is 33.4 Å². The van der Waals surface area contributed by atoms with E-state index < -0.39 is 5.60 Å². The molecular weight excluding hydrogens is 442 g/mol. The lowest BCUT2D eigenvalue weighted by Crippen LogP contribution is -2.40.